The Kier molecular flexibility index (Phi) is 3.15. The molecule has 15 heavy (non-hydrogen) atoms. The van der Waals surface area contributed by atoms with E-state index in [1.165, 1.54) is 19.3 Å². The van der Waals surface area contributed by atoms with E-state index in [0.717, 1.165) is 18.9 Å². The number of tetrazole rings is 1. The Labute approximate surface area is 89.4 Å². The van der Waals surface area contributed by atoms with Crippen LogP contribution in [0, 0.1) is 0 Å². The van der Waals surface area contributed by atoms with E-state index in [-0.39, 0.29) is 0 Å². The van der Waals surface area contributed by atoms with Gasteiger partial charge in [0.05, 0.1) is 0 Å². The molecule has 1 saturated carbocycles. The van der Waals surface area contributed by atoms with Crippen LogP contribution in [0.15, 0.2) is 0 Å². The van der Waals surface area contributed by atoms with Gasteiger partial charge in [0.2, 0.25) is 5.95 Å². The first-order valence-corrected chi connectivity index (χ1v) is 5.52. The smallest absolute Gasteiger partial charge is 0.245 e. The van der Waals surface area contributed by atoms with E-state index in [9.17, 15) is 0 Å². The van der Waals surface area contributed by atoms with Crippen molar-refractivity contribution >= 4 is 5.95 Å². The molecule has 0 aromatic carbocycles. The van der Waals surface area contributed by atoms with Gasteiger partial charge in [-0.05, 0) is 42.7 Å². The van der Waals surface area contributed by atoms with Crippen molar-refractivity contribution in [2.45, 2.75) is 31.7 Å². The van der Waals surface area contributed by atoms with Crippen molar-refractivity contribution in [3.63, 3.8) is 0 Å². The van der Waals surface area contributed by atoms with Gasteiger partial charge in [0.25, 0.3) is 0 Å². The number of hydrogen-bond donors (Lipinski definition) is 1. The Morgan fingerprint density at radius 2 is 2.33 bits per heavy atom. The summed E-state index contributed by atoms with van der Waals surface area (Å²) in [4.78, 5) is 2.29. The van der Waals surface area contributed by atoms with Crippen LogP contribution < -0.4 is 10.6 Å². The Hall–Kier alpha value is -1.17. The standard InChI is InChI=1S/C9H18N6/c1-14-9(11-12-13-14)15(7-3-6-10)8-4-2-5-8/h8H,2-7,10H2,1H3. The third-order valence-electron chi connectivity index (χ3n) is 2.97. The van der Waals surface area contributed by atoms with Crippen molar-refractivity contribution in [3.05, 3.63) is 0 Å². The molecule has 0 radical (unpaired) electrons. The summed E-state index contributed by atoms with van der Waals surface area (Å²) in [6.07, 6.45) is 4.80. The van der Waals surface area contributed by atoms with Crippen molar-refractivity contribution in [3.8, 4) is 0 Å². The van der Waals surface area contributed by atoms with Gasteiger partial charge < -0.3 is 10.6 Å². The molecule has 0 saturated heterocycles. The minimum atomic E-state index is 0.612. The monoisotopic (exact) mass is 210 g/mol. The summed E-state index contributed by atoms with van der Waals surface area (Å²) in [5.74, 6) is 0.869. The van der Waals surface area contributed by atoms with Crippen LogP contribution >= 0.6 is 0 Å². The summed E-state index contributed by atoms with van der Waals surface area (Å²) in [7, 11) is 1.88. The lowest BCUT2D eigenvalue weighted by molar-refractivity contribution is 0.377. The third-order valence-corrected chi connectivity index (χ3v) is 2.97. The Morgan fingerprint density at radius 1 is 1.53 bits per heavy atom. The molecule has 1 heterocycles. The molecule has 0 unspecified atom stereocenters. The fourth-order valence-corrected chi connectivity index (χ4v) is 1.87. The van der Waals surface area contributed by atoms with Crippen LogP contribution in [0.4, 0.5) is 5.95 Å². The fourth-order valence-electron chi connectivity index (χ4n) is 1.87. The summed E-state index contributed by atoms with van der Waals surface area (Å²) in [5, 5.41) is 11.6. The zero-order valence-electron chi connectivity index (χ0n) is 9.13. The van der Waals surface area contributed by atoms with Crippen LogP contribution in [-0.2, 0) is 7.05 Å². The highest BCUT2D eigenvalue weighted by Crippen LogP contribution is 2.27. The molecular weight excluding hydrogens is 192 g/mol. The maximum absolute atomic E-state index is 5.54. The molecule has 0 amide bonds. The van der Waals surface area contributed by atoms with E-state index < -0.39 is 0 Å². The summed E-state index contributed by atoms with van der Waals surface area (Å²) in [6.45, 7) is 1.67. The lowest BCUT2D eigenvalue weighted by Crippen LogP contribution is -2.42. The average Bonchev–Trinajstić information content (AvgIpc) is 2.55. The summed E-state index contributed by atoms with van der Waals surface area (Å²) >= 11 is 0. The van der Waals surface area contributed by atoms with Crippen molar-refractivity contribution in [2.75, 3.05) is 18.0 Å². The molecule has 0 bridgehead atoms. The molecule has 2 N–H and O–H groups in total. The van der Waals surface area contributed by atoms with E-state index in [2.05, 4.69) is 20.4 Å². The lowest BCUT2D eigenvalue weighted by Gasteiger charge is -2.37. The number of aryl methyl sites for hydroxylation is 1. The normalized spacial score (nSPS) is 16.4. The van der Waals surface area contributed by atoms with Crippen molar-refractivity contribution < 1.29 is 0 Å². The van der Waals surface area contributed by atoms with E-state index >= 15 is 0 Å². The van der Waals surface area contributed by atoms with Crippen LogP contribution in [0.2, 0.25) is 0 Å². The van der Waals surface area contributed by atoms with Crippen molar-refractivity contribution in [1.29, 1.82) is 0 Å². The van der Waals surface area contributed by atoms with Gasteiger partial charge in [0.1, 0.15) is 0 Å². The molecule has 0 atom stereocenters. The van der Waals surface area contributed by atoms with E-state index in [1.54, 1.807) is 4.68 Å². The highest BCUT2D eigenvalue weighted by molar-refractivity contribution is 5.30. The number of anilines is 1. The molecule has 1 aliphatic rings. The zero-order valence-corrected chi connectivity index (χ0v) is 9.13. The molecule has 0 aliphatic heterocycles. The second-order valence-electron chi connectivity index (χ2n) is 4.02. The van der Waals surface area contributed by atoms with Gasteiger partial charge >= 0.3 is 0 Å². The molecule has 1 aromatic heterocycles. The predicted molar refractivity (Wildman–Crippen MR) is 57.5 cm³/mol. The van der Waals surface area contributed by atoms with E-state index in [0.29, 0.717) is 12.6 Å². The van der Waals surface area contributed by atoms with Gasteiger partial charge in [0, 0.05) is 19.6 Å². The number of rotatable bonds is 5. The molecule has 1 aromatic rings. The Bertz CT molecular complexity index is 305. The van der Waals surface area contributed by atoms with Crippen LogP contribution in [0.3, 0.4) is 0 Å². The molecule has 6 heteroatoms. The average molecular weight is 210 g/mol. The van der Waals surface area contributed by atoms with Gasteiger partial charge in [-0.1, -0.05) is 5.10 Å². The molecule has 1 fully saturated rings. The summed E-state index contributed by atoms with van der Waals surface area (Å²) < 4.78 is 1.73. The number of nitrogens with zero attached hydrogens (tertiary/aromatic N) is 5. The third kappa shape index (κ3) is 2.09. The molecule has 84 valence electrons. The Morgan fingerprint density at radius 3 is 2.80 bits per heavy atom. The summed E-state index contributed by atoms with van der Waals surface area (Å²) in [6, 6.07) is 0.612. The van der Waals surface area contributed by atoms with Gasteiger partial charge in [-0.25, -0.2) is 4.68 Å². The lowest BCUT2D eigenvalue weighted by atomic mass is 9.91. The first-order chi connectivity index (χ1) is 7.33. The predicted octanol–water partition coefficient (Wildman–Crippen LogP) is -0.0822. The first kappa shape index (κ1) is 10.4. The highest BCUT2D eigenvalue weighted by Gasteiger charge is 2.27. The van der Waals surface area contributed by atoms with Gasteiger partial charge in [-0.3, -0.25) is 0 Å². The molecule has 1 aliphatic carbocycles. The van der Waals surface area contributed by atoms with Crippen LogP contribution in [0.1, 0.15) is 25.7 Å². The van der Waals surface area contributed by atoms with Crippen molar-refractivity contribution in [2.24, 2.45) is 12.8 Å². The molecular formula is C9H18N6. The van der Waals surface area contributed by atoms with Crippen molar-refractivity contribution in [1.82, 2.24) is 20.2 Å². The minimum Gasteiger partial charge on any atom is -0.337 e. The second kappa shape index (κ2) is 4.57. The second-order valence-corrected chi connectivity index (χ2v) is 4.02. The maximum atomic E-state index is 5.54. The number of hydrogen-bond acceptors (Lipinski definition) is 5. The molecule has 2 rings (SSSR count). The maximum Gasteiger partial charge on any atom is 0.245 e. The molecule has 6 nitrogen and oxygen atoms in total. The van der Waals surface area contributed by atoms with E-state index in [1.807, 2.05) is 7.05 Å². The van der Waals surface area contributed by atoms with Gasteiger partial charge in [-0.15, -0.1) is 0 Å². The largest absolute Gasteiger partial charge is 0.337 e. The number of aromatic nitrogens is 4. The Balaban J connectivity index is 2.07. The van der Waals surface area contributed by atoms with Crippen LogP contribution in [0.5, 0.6) is 0 Å². The van der Waals surface area contributed by atoms with Gasteiger partial charge in [0.15, 0.2) is 0 Å². The molecule has 0 spiro atoms. The van der Waals surface area contributed by atoms with E-state index in [4.69, 9.17) is 5.73 Å². The SMILES string of the molecule is Cn1nnnc1N(CCCN)C1CCC1. The zero-order chi connectivity index (χ0) is 10.7. The van der Waals surface area contributed by atoms with Crippen LogP contribution in [0.25, 0.3) is 0 Å². The number of nitrogens with two attached hydrogens (primary N) is 1. The van der Waals surface area contributed by atoms with Gasteiger partial charge in [-0.2, -0.15) is 0 Å². The fraction of sp³-hybridized carbons (Fsp3) is 0.889. The quantitative estimate of drug-likeness (QED) is 0.735. The first-order valence-electron chi connectivity index (χ1n) is 5.52. The minimum absolute atomic E-state index is 0.612. The summed E-state index contributed by atoms with van der Waals surface area (Å²) in [5.41, 5.74) is 5.54. The van der Waals surface area contributed by atoms with Crippen LogP contribution in [-0.4, -0.2) is 39.3 Å². The highest BCUT2D eigenvalue weighted by atomic mass is 15.6. The topological polar surface area (TPSA) is 72.9 Å².